The highest BCUT2D eigenvalue weighted by Crippen LogP contribution is 2.24. The highest BCUT2D eigenvalue weighted by Gasteiger charge is 2.19. The molecule has 0 spiro atoms. The van der Waals surface area contributed by atoms with Crippen LogP contribution in [0, 0.1) is 17.5 Å². The van der Waals surface area contributed by atoms with E-state index in [4.69, 9.17) is 10.8 Å². The molecule has 1 rings (SSSR count). The lowest BCUT2D eigenvalue weighted by molar-refractivity contribution is 0.196. The Bertz CT molecular complexity index is 352. The van der Waals surface area contributed by atoms with E-state index in [1.165, 1.54) is 6.92 Å². The van der Waals surface area contributed by atoms with Gasteiger partial charge >= 0.3 is 0 Å². The van der Waals surface area contributed by atoms with Crippen molar-refractivity contribution in [2.75, 3.05) is 0 Å². The van der Waals surface area contributed by atoms with Crippen LogP contribution in [0.5, 0.6) is 0 Å². The van der Waals surface area contributed by atoms with Crippen molar-refractivity contribution in [3.05, 3.63) is 34.6 Å². The maximum atomic E-state index is 13.1. The van der Waals surface area contributed by atoms with Gasteiger partial charge in [-0.2, -0.15) is 0 Å². The van der Waals surface area contributed by atoms with Crippen LogP contribution in [0.1, 0.15) is 24.2 Å². The first-order valence-corrected chi connectivity index (χ1v) is 4.03. The summed E-state index contributed by atoms with van der Waals surface area (Å²) in [5.74, 6) is -4.21. The number of halogens is 3. The summed E-state index contributed by atoms with van der Waals surface area (Å²) in [6.45, 7) is 1.04. The smallest absolute Gasteiger partial charge is 0.194 e. The molecule has 5 heteroatoms. The quantitative estimate of drug-likeness (QED) is 0.720. The Labute approximate surface area is 79.2 Å². The molecule has 1 atom stereocenters. The predicted octanol–water partition coefficient (Wildman–Crippen LogP) is 1.62. The van der Waals surface area contributed by atoms with Crippen molar-refractivity contribution in [3.8, 4) is 0 Å². The molecular weight excluding hydrogens is 195 g/mol. The summed E-state index contributed by atoms with van der Waals surface area (Å²) in [5, 5.41) is 9.16. The lowest BCUT2D eigenvalue weighted by Crippen LogP contribution is -2.10. The fraction of sp³-hybridized carbons (Fsp3) is 0.333. The van der Waals surface area contributed by atoms with Gasteiger partial charge in [-0.25, -0.2) is 13.2 Å². The number of nitrogens with two attached hydrogens (primary N) is 1. The van der Waals surface area contributed by atoms with Crippen molar-refractivity contribution in [3.63, 3.8) is 0 Å². The van der Waals surface area contributed by atoms with Crippen LogP contribution in [-0.4, -0.2) is 5.11 Å². The Morgan fingerprint density at radius 3 is 2.36 bits per heavy atom. The standard InChI is InChI=1S/C9H10F3NO/c1-4(14)5-2-7(10)9(12)8(11)6(5)3-13/h2,4,14H,3,13H2,1H3. The van der Waals surface area contributed by atoms with Crippen LogP contribution in [0.2, 0.25) is 0 Å². The second kappa shape index (κ2) is 3.98. The molecule has 0 radical (unpaired) electrons. The highest BCUT2D eigenvalue weighted by molar-refractivity contribution is 5.31. The van der Waals surface area contributed by atoms with Gasteiger partial charge in [0.2, 0.25) is 0 Å². The molecule has 0 saturated heterocycles. The molecule has 0 aliphatic rings. The summed E-state index contributed by atoms with van der Waals surface area (Å²) in [6.07, 6.45) is -1.09. The number of rotatable bonds is 2. The lowest BCUT2D eigenvalue weighted by atomic mass is 10.0. The SMILES string of the molecule is CC(O)c1cc(F)c(F)c(F)c1CN. The summed E-state index contributed by atoms with van der Waals surface area (Å²) >= 11 is 0. The van der Waals surface area contributed by atoms with Crippen molar-refractivity contribution >= 4 is 0 Å². The van der Waals surface area contributed by atoms with Gasteiger partial charge in [0.15, 0.2) is 17.5 Å². The first kappa shape index (κ1) is 11.0. The molecule has 0 bridgehead atoms. The Hall–Kier alpha value is -1.07. The monoisotopic (exact) mass is 205 g/mol. The van der Waals surface area contributed by atoms with Gasteiger partial charge in [0, 0.05) is 12.1 Å². The predicted molar refractivity (Wildman–Crippen MR) is 44.8 cm³/mol. The van der Waals surface area contributed by atoms with E-state index < -0.39 is 23.6 Å². The minimum atomic E-state index is -1.56. The van der Waals surface area contributed by atoms with Crippen molar-refractivity contribution in [2.45, 2.75) is 19.6 Å². The molecule has 0 fully saturated rings. The normalized spacial score (nSPS) is 13.0. The third-order valence-electron chi connectivity index (χ3n) is 1.95. The molecule has 0 aromatic heterocycles. The van der Waals surface area contributed by atoms with Gasteiger partial charge in [0.25, 0.3) is 0 Å². The largest absolute Gasteiger partial charge is 0.389 e. The van der Waals surface area contributed by atoms with Crippen LogP contribution in [0.15, 0.2) is 6.07 Å². The van der Waals surface area contributed by atoms with Crippen LogP contribution >= 0.6 is 0 Å². The third kappa shape index (κ3) is 1.73. The van der Waals surface area contributed by atoms with E-state index in [1.54, 1.807) is 0 Å². The van der Waals surface area contributed by atoms with E-state index in [2.05, 4.69) is 0 Å². The van der Waals surface area contributed by atoms with Crippen molar-refractivity contribution in [1.82, 2.24) is 0 Å². The van der Waals surface area contributed by atoms with Gasteiger partial charge < -0.3 is 10.8 Å². The zero-order valence-corrected chi connectivity index (χ0v) is 7.52. The summed E-state index contributed by atoms with van der Waals surface area (Å²) < 4.78 is 38.6. The third-order valence-corrected chi connectivity index (χ3v) is 1.95. The van der Waals surface area contributed by atoms with E-state index in [-0.39, 0.29) is 17.7 Å². The van der Waals surface area contributed by atoms with Gasteiger partial charge in [-0.15, -0.1) is 0 Å². The molecule has 0 heterocycles. The molecule has 0 aliphatic carbocycles. The van der Waals surface area contributed by atoms with Crippen LogP contribution in [0.4, 0.5) is 13.2 Å². The minimum absolute atomic E-state index is 0.0242. The molecule has 1 aromatic carbocycles. The Balaban J connectivity index is 3.43. The van der Waals surface area contributed by atoms with Crippen LogP contribution in [-0.2, 0) is 6.54 Å². The molecule has 78 valence electrons. The molecule has 0 aliphatic heterocycles. The van der Waals surface area contributed by atoms with Gasteiger partial charge in [-0.05, 0) is 18.6 Å². The maximum absolute atomic E-state index is 13.1. The van der Waals surface area contributed by atoms with Gasteiger partial charge in [0.05, 0.1) is 6.10 Å². The second-order valence-corrected chi connectivity index (χ2v) is 2.93. The Morgan fingerprint density at radius 2 is 1.93 bits per heavy atom. The van der Waals surface area contributed by atoms with Gasteiger partial charge in [0.1, 0.15) is 0 Å². The summed E-state index contributed by atoms with van der Waals surface area (Å²) in [5.41, 5.74) is 4.95. The van der Waals surface area contributed by atoms with E-state index in [0.29, 0.717) is 0 Å². The highest BCUT2D eigenvalue weighted by atomic mass is 19.2. The molecule has 3 N–H and O–H groups in total. The van der Waals surface area contributed by atoms with Gasteiger partial charge in [-0.1, -0.05) is 0 Å². The first-order chi connectivity index (χ1) is 6.49. The maximum Gasteiger partial charge on any atom is 0.194 e. The fourth-order valence-corrected chi connectivity index (χ4v) is 1.23. The molecule has 2 nitrogen and oxygen atoms in total. The molecule has 1 aromatic rings. The van der Waals surface area contributed by atoms with Crippen LogP contribution in [0.3, 0.4) is 0 Å². The molecule has 0 saturated carbocycles. The number of hydrogen-bond donors (Lipinski definition) is 2. The van der Waals surface area contributed by atoms with Crippen molar-refractivity contribution < 1.29 is 18.3 Å². The number of aliphatic hydroxyl groups is 1. The van der Waals surface area contributed by atoms with Crippen LogP contribution < -0.4 is 5.73 Å². The lowest BCUT2D eigenvalue weighted by Gasteiger charge is -2.12. The first-order valence-electron chi connectivity index (χ1n) is 4.03. The number of hydrogen-bond acceptors (Lipinski definition) is 2. The molecule has 0 amide bonds. The molecule has 14 heavy (non-hydrogen) atoms. The Kier molecular flexibility index (Phi) is 3.13. The topological polar surface area (TPSA) is 46.2 Å². The van der Waals surface area contributed by atoms with Gasteiger partial charge in [-0.3, -0.25) is 0 Å². The van der Waals surface area contributed by atoms with E-state index in [0.717, 1.165) is 6.07 Å². The molecule has 1 unspecified atom stereocenters. The average Bonchev–Trinajstić information content (AvgIpc) is 2.13. The average molecular weight is 205 g/mol. The minimum Gasteiger partial charge on any atom is -0.389 e. The van der Waals surface area contributed by atoms with E-state index in [1.807, 2.05) is 0 Å². The summed E-state index contributed by atoms with van der Waals surface area (Å²) in [6, 6.07) is 0.755. The second-order valence-electron chi connectivity index (χ2n) is 2.93. The molecular formula is C9H10F3NO. The van der Waals surface area contributed by atoms with E-state index in [9.17, 15) is 13.2 Å². The zero-order valence-electron chi connectivity index (χ0n) is 7.52. The number of benzene rings is 1. The van der Waals surface area contributed by atoms with Crippen molar-refractivity contribution in [1.29, 1.82) is 0 Å². The zero-order chi connectivity index (χ0) is 10.9. The summed E-state index contributed by atoms with van der Waals surface area (Å²) in [4.78, 5) is 0. The summed E-state index contributed by atoms with van der Waals surface area (Å²) in [7, 11) is 0. The fourth-order valence-electron chi connectivity index (χ4n) is 1.23. The number of aliphatic hydroxyl groups excluding tert-OH is 1. The van der Waals surface area contributed by atoms with Crippen LogP contribution in [0.25, 0.3) is 0 Å². The van der Waals surface area contributed by atoms with E-state index >= 15 is 0 Å². The Morgan fingerprint density at radius 1 is 1.36 bits per heavy atom. The van der Waals surface area contributed by atoms with Crippen molar-refractivity contribution in [2.24, 2.45) is 5.73 Å².